The molecule has 10 heteroatoms. The van der Waals surface area contributed by atoms with Gasteiger partial charge < -0.3 is 4.98 Å². The van der Waals surface area contributed by atoms with Crippen LogP contribution in [0, 0.1) is 5.41 Å². The second kappa shape index (κ2) is 10.0. The van der Waals surface area contributed by atoms with Crippen molar-refractivity contribution in [2.24, 2.45) is 5.41 Å². The number of hydrogen-bond acceptors (Lipinski definition) is 6. The van der Waals surface area contributed by atoms with Crippen LogP contribution in [0.5, 0.6) is 0 Å². The average molecular weight is 503 g/mol. The summed E-state index contributed by atoms with van der Waals surface area (Å²) in [6.45, 7) is 10.7. The molecule has 34 heavy (non-hydrogen) atoms. The monoisotopic (exact) mass is 502 g/mol. The summed E-state index contributed by atoms with van der Waals surface area (Å²) in [5.74, 6) is -1.87. The zero-order valence-corrected chi connectivity index (χ0v) is 21.1. The molecule has 180 valence electrons. The number of sulfonamides is 1. The van der Waals surface area contributed by atoms with Gasteiger partial charge in [-0.05, 0) is 24.8 Å². The summed E-state index contributed by atoms with van der Waals surface area (Å²) in [7, 11) is -3.87. The average Bonchev–Trinajstić information content (AvgIpc) is 3.45. The fourth-order valence-electron chi connectivity index (χ4n) is 3.29. The van der Waals surface area contributed by atoms with E-state index in [9.17, 15) is 13.2 Å². The molecule has 0 aromatic carbocycles. The molecule has 0 aliphatic heterocycles. The number of ketones is 1. The summed E-state index contributed by atoms with van der Waals surface area (Å²) in [6.07, 6.45) is 8.25. The van der Waals surface area contributed by atoms with E-state index in [1.807, 2.05) is 20.8 Å². The maximum atomic E-state index is 15.4. The number of halogens is 1. The highest BCUT2D eigenvalue weighted by Crippen LogP contribution is 2.29. The molecular weight excluding hydrogens is 475 g/mol. The molecule has 3 rings (SSSR count). The predicted molar refractivity (Wildman–Crippen MR) is 135 cm³/mol. The SMILES string of the molecule is C=C(NS(=O)(=O)CC(C)(C)CC)C(F)=C(C=CC)C(=O)c1c[nH]c2ncc(-c3cncs3)cc12. The third-order valence-electron chi connectivity index (χ3n) is 5.39. The Bertz CT molecular complexity index is 1380. The van der Waals surface area contributed by atoms with Gasteiger partial charge in [0, 0.05) is 35.1 Å². The molecule has 0 aliphatic rings. The Balaban J connectivity index is 1.98. The van der Waals surface area contributed by atoms with Gasteiger partial charge in [0.05, 0.1) is 27.4 Å². The van der Waals surface area contributed by atoms with Crippen molar-refractivity contribution in [2.45, 2.75) is 34.1 Å². The van der Waals surface area contributed by atoms with Crippen molar-refractivity contribution in [1.29, 1.82) is 0 Å². The Morgan fingerprint density at radius 1 is 1.35 bits per heavy atom. The number of pyridine rings is 1. The second-order valence-corrected chi connectivity index (χ2v) is 11.2. The maximum Gasteiger partial charge on any atom is 0.233 e. The number of H-pyrrole nitrogens is 1. The van der Waals surface area contributed by atoms with E-state index in [-0.39, 0.29) is 16.9 Å². The predicted octanol–water partition coefficient (Wildman–Crippen LogP) is 5.54. The molecular formula is C24H27FN4O3S2. The van der Waals surface area contributed by atoms with Gasteiger partial charge in [-0.25, -0.2) is 17.8 Å². The van der Waals surface area contributed by atoms with Gasteiger partial charge in [-0.3, -0.25) is 14.5 Å². The minimum atomic E-state index is -3.87. The number of carbonyl (C=O) groups excluding carboxylic acids is 1. The first-order valence-electron chi connectivity index (χ1n) is 10.6. The third-order valence-corrected chi connectivity index (χ3v) is 7.93. The first-order valence-corrected chi connectivity index (χ1v) is 13.1. The van der Waals surface area contributed by atoms with Gasteiger partial charge in [0.15, 0.2) is 11.6 Å². The summed E-state index contributed by atoms with van der Waals surface area (Å²) in [5, 5.41) is 0.515. The van der Waals surface area contributed by atoms with Crippen molar-refractivity contribution >= 4 is 38.2 Å². The van der Waals surface area contributed by atoms with Crippen LogP contribution in [0.15, 0.2) is 66.0 Å². The van der Waals surface area contributed by atoms with Crippen LogP contribution in [0.3, 0.4) is 0 Å². The highest BCUT2D eigenvalue weighted by Gasteiger charge is 2.27. The standard InChI is InChI=1S/C24H27FN4O3S2/c1-6-8-17(21(25)15(3)29-34(31,32)13-24(4,5)7-2)22(30)19-11-28-23-18(19)9-16(10-27-23)20-12-26-14-33-20/h6,8-12,14,29H,3,7,13H2,1-2,4-5H3,(H,27,28). The number of allylic oxidation sites excluding steroid dienone is 4. The smallest absolute Gasteiger partial charge is 0.233 e. The number of nitrogens with one attached hydrogen (secondary N) is 2. The van der Waals surface area contributed by atoms with Crippen LogP contribution in [0.1, 0.15) is 44.5 Å². The van der Waals surface area contributed by atoms with E-state index < -0.39 is 32.7 Å². The van der Waals surface area contributed by atoms with Gasteiger partial charge in [-0.2, -0.15) is 0 Å². The molecule has 0 radical (unpaired) electrons. The van der Waals surface area contributed by atoms with E-state index in [2.05, 4.69) is 26.3 Å². The Kier molecular flexibility index (Phi) is 7.52. The fourth-order valence-corrected chi connectivity index (χ4v) is 5.67. The lowest BCUT2D eigenvalue weighted by molar-refractivity contribution is 0.103. The van der Waals surface area contributed by atoms with Gasteiger partial charge in [0.2, 0.25) is 10.0 Å². The van der Waals surface area contributed by atoms with Gasteiger partial charge in [-0.1, -0.05) is 39.5 Å². The minimum Gasteiger partial charge on any atom is -0.345 e. The number of thiazole rings is 1. The molecule has 0 saturated carbocycles. The van der Waals surface area contributed by atoms with E-state index in [0.717, 1.165) is 10.4 Å². The lowest BCUT2D eigenvalue weighted by Gasteiger charge is -2.23. The number of aromatic amines is 1. The third kappa shape index (κ3) is 5.68. The summed E-state index contributed by atoms with van der Waals surface area (Å²) in [6, 6.07) is 1.79. The van der Waals surface area contributed by atoms with E-state index in [4.69, 9.17) is 0 Å². The van der Waals surface area contributed by atoms with E-state index >= 15 is 4.39 Å². The minimum absolute atomic E-state index is 0.204. The molecule has 0 bridgehead atoms. The van der Waals surface area contributed by atoms with Crippen LogP contribution in [0.25, 0.3) is 21.5 Å². The summed E-state index contributed by atoms with van der Waals surface area (Å²) in [5.41, 5.74) is 1.85. The van der Waals surface area contributed by atoms with E-state index in [1.165, 1.54) is 29.7 Å². The number of fused-ring (bicyclic) bond motifs is 1. The quantitative estimate of drug-likeness (QED) is 0.215. The zero-order valence-electron chi connectivity index (χ0n) is 19.5. The Labute approximate surface area is 202 Å². The molecule has 0 unspecified atom stereocenters. The molecule has 0 fully saturated rings. The van der Waals surface area contributed by atoms with Crippen molar-refractivity contribution in [1.82, 2.24) is 19.7 Å². The number of aromatic nitrogens is 3. The summed E-state index contributed by atoms with van der Waals surface area (Å²) in [4.78, 5) is 25.6. The van der Waals surface area contributed by atoms with E-state index in [1.54, 1.807) is 30.9 Å². The Hall–Kier alpha value is -3.11. The van der Waals surface area contributed by atoms with Crippen molar-refractivity contribution in [3.05, 3.63) is 71.6 Å². The number of carbonyl (C=O) groups is 1. The first kappa shape index (κ1) is 25.5. The lowest BCUT2D eigenvalue weighted by atomic mass is 9.93. The Morgan fingerprint density at radius 2 is 2.09 bits per heavy atom. The van der Waals surface area contributed by atoms with Crippen molar-refractivity contribution in [3.63, 3.8) is 0 Å². The molecule has 3 heterocycles. The lowest BCUT2D eigenvalue weighted by Crippen LogP contribution is -2.33. The van der Waals surface area contributed by atoms with Crippen LogP contribution >= 0.6 is 11.3 Å². The Morgan fingerprint density at radius 3 is 2.71 bits per heavy atom. The number of Topliss-reactive ketones (excluding diaryl/α,β-unsaturated/α-hetero) is 1. The van der Waals surface area contributed by atoms with Gasteiger partial charge in [0.25, 0.3) is 0 Å². The van der Waals surface area contributed by atoms with Gasteiger partial charge in [0.1, 0.15) is 5.65 Å². The number of hydrogen-bond donors (Lipinski definition) is 2. The molecule has 0 spiro atoms. The van der Waals surface area contributed by atoms with Crippen LogP contribution in [0.2, 0.25) is 0 Å². The molecule has 7 nitrogen and oxygen atoms in total. The van der Waals surface area contributed by atoms with E-state index in [0.29, 0.717) is 17.5 Å². The highest BCUT2D eigenvalue weighted by atomic mass is 32.2. The maximum absolute atomic E-state index is 15.4. The molecule has 2 N–H and O–H groups in total. The van der Waals surface area contributed by atoms with Crippen molar-refractivity contribution < 1.29 is 17.6 Å². The topological polar surface area (TPSA) is 105 Å². The highest BCUT2D eigenvalue weighted by molar-refractivity contribution is 7.89. The van der Waals surface area contributed by atoms with Crippen LogP contribution < -0.4 is 4.72 Å². The molecule has 3 aromatic rings. The van der Waals surface area contributed by atoms with Crippen LogP contribution in [-0.2, 0) is 10.0 Å². The van der Waals surface area contributed by atoms with Gasteiger partial charge >= 0.3 is 0 Å². The van der Waals surface area contributed by atoms with Gasteiger partial charge in [-0.15, -0.1) is 11.3 Å². The fraction of sp³-hybridized carbons (Fsp3) is 0.292. The molecule has 3 aromatic heterocycles. The van der Waals surface area contributed by atoms with Crippen LogP contribution in [-0.4, -0.2) is 34.9 Å². The summed E-state index contributed by atoms with van der Waals surface area (Å²) >= 11 is 1.43. The second-order valence-electron chi connectivity index (χ2n) is 8.60. The normalized spacial score (nSPS) is 13.3. The summed E-state index contributed by atoms with van der Waals surface area (Å²) < 4.78 is 42.7. The molecule has 0 atom stereocenters. The molecule has 0 amide bonds. The number of rotatable bonds is 10. The van der Waals surface area contributed by atoms with Crippen LogP contribution in [0.4, 0.5) is 4.39 Å². The first-order chi connectivity index (χ1) is 16.0. The number of nitrogens with zero attached hydrogens (tertiary/aromatic N) is 2. The largest absolute Gasteiger partial charge is 0.345 e. The van der Waals surface area contributed by atoms with Crippen molar-refractivity contribution in [2.75, 3.05) is 5.75 Å². The molecule has 0 saturated heterocycles. The molecule has 0 aliphatic carbocycles. The zero-order chi connectivity index (χ0) is 25.1. The van der Waals surface area contributed by atoms with Crippen molar-refractivity contribution in [3.8, 4) is 10.4 Å².